The molecule has 3 atom stereocenters. The summed E-state index contributed by atoms with van der Waals surface area (Å²) in [6, 6.07) is 7.56. The first-order chi connectivity index (χ1) is 21.6. The fourth-order valence-corrected chi connectivity index (χ4v) is 6.94. The number of likely N-dealkylation sites (tertiary alicyclic amines) is 1. The number of benzene rings is 2. The molecule has 8 nitrogen and oxygen atoms in total. The van der Waals surface area contributed by atoms with Gasteiger partial charge in [-0.15, -0.1) is 11.3 Å². The van der Waals surface area contributed by atoms with Gasteiger partial charge in [-0.1, -0.05) is 24.0 Å². The lowest BCUT2D eigenvalue weighted by molar-refractivity contribution is -0.127. The van der Waals surface area contributed by atoms with Crippen molar-refractivity contribution in [3.05, 3.63) is 46.8 Å². The smallest absolute Gasteiger partial charge is 0.393 e. The van der Waals surface area contributed by atoms with Gasteiger partial charge < -0.3 is 25.2 Å². The van der Waals surface area contributed by atoms with E-state index in [1.54, 1.807) is 23.1 Å². The van der Waals surface area contributed by atoms with Crippen molar-refractivity contribution in [2.45, 2.75) is 48.8 Å². The van der Waals surface area contributed by atoms with Crippen molar-refractivity contribution in [3.63, 3.8) is 0 Å². The number of β-amino-alcohol motifs (C(OH)–C–C–N with tert-alkyl or cyclic N) is 1. The molecule has 3 aromatic rings. The number of aliphatic hydroxyl groups is 1. The normalized spacial score (nSPS) is 18.3. The first-order valence-electron chi connectivity index (χ1n) is 14.1. The molecule has 4 rings (SSSR count). The number of methoxy groups -OCH3 is 1. The van der Waals surface area contributed by atoms with Crippen LogP contribution in [0.5, 0.6) is 5.75 Å². The second-order valence-corrected chi connectivity index (χ2v) is 13.8. The fourth-order valence-electron chi connectivity index (χ4n) is 5.14. The lowest BCUT2D eigenvalue weighted by Gasteiger charge is -2.36. The molecule has 1 fully saturated rings. The third-order valence-electron chi connectivity index (χ3n) is 7.16. The molecule has 2 heterocycles. The maximum Gasteiger partial charge on any atom is 0.393 e. The summed E-state index contributed by atoms with van der Waals surface area (Å²) in [5.74, 6) is 5.02. The number of sulfone groups is 1. The Morgan fingerprint density at radius 2 is 1.96 bits per heavy atom. The van der Waals surface area contributed by atoms with Crippen LogP contribution in [0.25, 0.3) is 10.1 Å². The minimum atomic E-state index is -4.54. The Morgan fingerprint density at radius 3 is 2.61 bits per heavy atom. The molecule has 2 aromatic carbocycles. The standard InChI is InChI=1S/C30H33F6N3O5S2/c1-43-17-18(40)15-39-12-10-23(22(31)16-39)38-25-6-3-5-20-21(14-30(34,35)36)27(45-28(20)25)7-4-11-37-24-9-8-19(46(2,41)42)13-26(24)44-29(32)33/h3,5-6,8-9,13,18,22-23,29,37-38,40H,10-12,14-17H2,1-2H3. The van der Waals surface area contributed by atoms with Crippen molar-refractivity contribution < 1.29 is 49.3 Å². The van der Waals surface area contributed by atoms with Gasteiger partial charge >= 0.3 is 12.8 Å². The zero-order valence-corrected chi connectivity index (χ0v) is 26.5. The van der Waals surface area contributed by atoms with E-state index in [4.69, 9.17) is 4.74 Å². The molecule has 3 unspecified atom stereocenters. The van der Waals surface area contributed by atoms with Gasteiger partial charge in [-0.05, 0) is 35.6 Å². The van der Waals surface area contributed by atoms with Crippen LogP contribution in [0.1, 0.15) is 16.9 Å². The van der Waals surface area contributed by atoms with E-state index in [2.05, 4.69) is 27.2 Å². The van der Waals surface area contributed by atoms with Crippen LogP contribution in [0.15, 0.2) is 41.3 Å². The maximum atomic E-state index is 15.2. The summed E-state index contributed by atoms with van der Waals surface area (Å²) in [5, 5.41) is 16.2. The van der Waals surface area contributed by atoms with Crippen molar-refractivity contribution in [1.29, 1.82) is 0 Å². The maximum absolute atomic E-state index is 15.2. The minimum absolute atomic E-state index is 0.0142. The average molecular weight is 694 g/mol. The SMILES string of the molecule is COCC(O)CN1CCC(Nc2cccc3c(CC(F)(F)F)c(C#CCNc4ccc(S(C)(=O)=O)cc4OC(F)F)sc23)C(F)C1. The summed E-state index contributed by atoms with van der Waals surface area (Å²) in [6.45, 7) is -2.47. The highest BCUT2D eigenvalue weighted by atomic mass is 32.2. The summed E-state index contributed by atoms with van der Waals surface area (Å²) in [7, 11) is -2.25. The Hall–Kier alpha value is -3.23. The van der Waals surface area contributed by atoms with Crippen molar-refractivity contribution in [1.82, 2.24) is 4.90 Å². The van der Waals surface area contributed by atoms with Crippen LogP contribution in [-0.4, -0.2) is 95.7 Å². The van der Waals surface area contributed by atoms with Crippen LogP contribution in [0.2, 0.25) is 0 Å². The summed E-state index contributed by atoms with van der Waals surface area (Å²) in [5.41, 5.74) is 0.444. The molecule has 1 aromatic heterocycles. The molecular weight excluding hydrogens is 660 g/mol. The molecule has 252 valence electrons. The van der Waals surface area contributed by atoms with Gasteiger partial charge in [-0.25, -0.2) is 12.8 Å². The fraction of sp³-hybridized carbons (Fsp3) is 0.467. The lowest BCUT2D eigenvalue weighted by Crippen LogP contribution is -2.50. The summed E-state index contributed by atoms with van der Waals surface area (Å²) in [6.07, 6.45) is -6.53. The van der Waals surface area contributed by atoms with Crippen LogP contribution in [0.4, 0.5) is 37.7 Å². The van der Waals surface area contributed by atoms with Gasteiger partial charge in [0.2, 0.25) is 0 Å². The summed E-state index contributed by atoms with van der Waals surface area (Å²) in [4.78, 5) is 1.69. The monoisotopic (exact) mass is 693 g/mol. The van der Waals surface area contributed by atoms with E-state index in [9.17, 15) is 35.5 Å². The van der Waals surface area contributed by atoms with Gasteiger partial charge in [0.1, 0.15) is 6.17 Å². The number of hydrogen-bond donors (Lipinski definition) is 3. The number of nitrogens with one attached hydrogen (secondary N) is 2. The zero-order valence-electron chi connectivity index (χ0n) is 24.8. The van der Waals surface area contributed by atoms with E-state index in [0.717, 1.165) is 23.7 Å². The Morgan fingerprint density at radius 1 is 1.20 bits per heavy atom. The highest BCUT2D eigenvalue weighted by Gasteiger charge is 2.33. The Labute approximate surface area is 266 Å². The zero-order chi connectivity index (χ0) is 33.6. The van der Waals surface area contributed by atoms with Gasteiger partial charge in [-0.3, -0.25) is 4.90 Å². The first-order valence-corrected chi connectivity index (χ1v) is 16.8. The molecule has 1 aliphatic heterocycles. The van der Waals surface area contributed by atoms with Gasteiger partial charge in [-0.2, -0.15) is 22.0 Å². The molecule has 1 saturated heterocycles. The van der Waals surface area contributed by atoms with E-state index in [0.29, 0.717) is 28.7 Å². The number of piperidine rings is 1. The molecule has 0 saturated carbocycles. The van der Waals surface area contributed by atoms with Gasteiger partial charge in [0.25, 0.3) is 0 Å². The van der Waals surface area contributed by atoms with E-state index in [1.165, 1.54) is 19.2 Å². The molecule has 0 spiro atoms. The number of alkyl halides is 6. The van der Waals surface area contributed by atoms with Crippen LogP contribution in [0.3, 0.4) is 0 Å². The van der Waals surface area contributed by atoms with Crippen molar-refractivity contribution in [2.75, 3.05) is 56.8 Å². The van der Waals surface area contributed by atoms with Crippen LogP contribution < -0.4 is 15.4 Å². The largest absolute Gasteiger partial charge is 0.433 e. The quantitative estimate of drug-likeness (QED) is 0.174. The van der Waals surface area contributed by atoms with Crippen molar-refractivity contribution in [2.24, 2.45) is 0 Å². The van der Waals surface area contributed by atoms with Gasteiger partial charge in [0.05, 0.1) is 57.6 Å². The van der Waals surface area contributed by atoms with Crippen LogP contribution >= 0.6 is 11.3 Å². The highest BCUT2D eigenvalue weighted by molar-refractivity contribution is 7.90. The van der Waals surface area contributed by atoms with Gasteiger partial charge in [0, 0.05) is 39.1 Å². The van der Waals surface area contributed by atoms with Crippen LogP contribution in [-0.2, 0) is 21.0 Å². The molecular formula is C30H33F6N3O5S2. The number of nitrogens with zero attached hydrogens (tertiary/aromatic N) is 1. The number of hydrogen-bond acceptors (Lipinski definition) is 9. The van der Waals surface area contributed by atoms with Crippen LogP contribution in [0, 0.1) is 11.8 Å². The minimum Gasteiger partial charge on any atom is -0.433 e. The number of anilines is 2. The topological polar surface area (TPSA) is 100 Å². The second kappa shape index (κ2) is 15.1. The second-order valence-electron chi connectivity index (χ2n) is 10.8. The van der Waals surface area contributed by atoms with Gasteiger partial charge in [0.15, 0.2) is 15.6 Å². The molecule has 0 bridgehead atoms. The van der Waals surface area contributed by atoms with E-state index in [1.807, 2.05) is 0 Å². The molecule has 1 aliphatic rings. The number of ether oxygens (including phenoxy) is 2. The number of thiophene rings is 1. The number of fused-ring (bicyclic) bond motifs is 1. The highest BCUT2D eigenvalue weighted by Crippen LogP contribution is 2.39. The Kier molecular flexibility index (Phi) is 11.7. The number of aliphatic hydroxyl groups excluding tert-OH is 1. The molecule has 0 radical (unpaired) electrons. The first kappa shape index (κ1) is 35.6. The van der Waals surface area contributed by atoms with E-state index in [-0.39, 0.29) is 47.3 Å². The summed E-state index contributed by atoms with van der Waals surface area (Å²) >= 11 is 1.02. The van der Waals surface area contributed by atoms with E-state index >= 15 is 4.39 Å². The summed E-state index contributed by atoms with van der Waals surface area (Å²) < 4.78 is 115. The van der Waals surface area contributed by atoms with E-state index < -0.39 is 53.1 Å². The molecule has 3 N–H and O–H groups in total. The number of halogens is 6. The predicted octanol–water partition coefficient (Wildman–Crippen LogP) is 5.31. The Bertz CT molecular complexity index is 1670. The predicted molar refractivity (Wildman–Crippen MR) is 164 cm³/mol. The molecule has 46 heavy (non-hydrogen) atoms. The molecule has 0 aliphatic carbocycles. The third kappa shape index (κ3) is 9.64. The molecule has 0 amide bonds. The van der Waals surface area contributed by atoms with Crippen molar-refractivity contribution in [3.8, 4) is 17.6 Å². The Balaban J connectivity index is 1.55. The number of rotatable bonds is 12. The average Bonchev–Trinajstić information content (AvgIpc) is 3.29. The van der Waals surface area contributed by atoms with Crippen molar-refractivity contribution >= 4 is 42.6 Å². The molecule has 16 heteroatoms. The lowest BCUT2D eigenvalue weighted by atomic mass is 10.0. The third-order valence-corrected chi connectivity index (χ3v) is 9.46.